The highest BCUT2D eigenvalue weighted by molar-refractivity contribution is 5.97. The zero-order valence-electron chi connectivity index (χ0n) is 17.9. The Morgan fingerprint density at radius 3 is 2.83 bits per heavy atom. The number of hydrogen-bond donors (Lipinski definition) is 1. The summed E-state index contributed by atoms with van der Waals surface area (Å²) >= 11 is 0. The summed E-state index contributed by atoms with van der Waals surface area (Å²) in [7, 11) is 2.03. The molecule has 7 nitrogen and oxygen atoms in total. The topological polar surface area (TPSA) is 82.4 Å². The van der Waals surface area contributed by atoms with Gasteiger partial charge in [-0.25, -0.2) is 4.98 Å². The van der Waals surface area contributed by atoms with Crippen LogP contribution in [0.3, 0.4) is 0 Å². The van der Waals surface area contributed by atoms with Crippen LogP contribution in [0.4, 0.5) is 0 Å². The van der Waals surface area contributed by atoms with E-state index in [0.717, 1.165) is 97.8 Å². The summed E-state index contributed by atoms with van der Waals surface area (Å²) < 4.78 is 5.94. The molecule has 7 heteroatoms. The van der Waals surface area contributed by atoms with Crippen molar-refractivity contribution in [3.05, 3.63) is 50.1 Å². The van der Waals surface area contributed by atoms with Gasteiger partial charge in [0.1, 0.15) is 17.3 Å². The summed E-state index contributed by atoms with van der Waals surface area (Å²) in [5.41, 5.74) is 3.59. The first-order chi connectivity index (χ1) is 14.5. The molecule has 1 saturated heterocycles. The van der Waals surface area contributed by atoms with Gasteiger partial charge in [-0.15, -0.1) is 0 Å². The van der Waals surface area contributed by atoms with Gasteiger partial charge in [-0.3, -0.25) is 9.59 Å². The molecular formula is C23H30N4O3. The number of rotatable bonds is 2. The van der Waals surface area contributed by atoms with E-state index < -0.39 is 0 Å². The van der Waals surface area contributed by atoms with Crippen molar-refractivity contribution in [2.75, 3.05) is 26.7 Å². The van der Waals surface area contributed by atoms with Crippen molar-refractivity contribution in [1.29, 1.82) is 0 Å². The summed E-state index contributed by atoms with van der Waals surface area (Å²) in [5.74, 6) is 2.64. The molecule has 5 rings (SSSR count). The lowest BCUT2D eigenvalue weighted by molar-refractivity contribution is 0.0701. The number of aryl methyl sites for hydroxylation is 2. The maximum absolute atomic E-state index is 13.4. The second kappa shape index (κ2) is 7.69. The second-order valence-electron chi connectivity index (χ2n) is 9.10. The summed E-state index contributed by atoms with van der Waals surface area (Å²) in [5, 5.41) is 0. The van der Waals surface area contributed by atoms with Crippen molar-refractivity contribution in [1.82, 2.24) is 19.8 Å². The highest BCUT2D eigenvalue weighted by Crippen LogP contribution is 2.32. The maximum Gasteiger partial charge on any atom is 0.257 e. The van der Waals surface area contributed by atoms with E-state index in [4.69, 9.17) is 9.40 Å². The molecule has 2 aliphatic heterocycles. The second-order valence-corrected chi connectivity index (χ2v) is 9.10. The Labute approximate surface area is 176 Å². The summed E-state index contributed by atoms with van der Waals surface area (Å²) in [6.45, 7) is 4.82. The normalized spacial score (nSPS) is 21.9. The molecule has 0 saturated carbocycles. The number of carbonyl (C=O) groups excluding carboxylic acids is 1. The third kappa shape index (κ3) is 3.39. The minimum absolute atomic E-state index is 0.0234. The number of likely N-dealkylation sites (tertiary alicyclic amines) is 1. The quantitative estimate of drug-likeness (QED) is 0.823. The first-order valence-corrected chi connectivity index (χ1v) is 11.2. The van der Waals surface area contributed by atoms with Crippen LogP contribution in [0.1, 0.15) is 76.1 Å². The van der Waals surface area contributed by atoms with Crippen LogP contribution in [-0.2, 0) is 25.8 Å². The number of aromatic nitrogens is 2. The molecule has 0 radical (unpaired) electrons. The molecule has 1 aliphatic carbocycles. The van der Waals surface area contributed by atoms with Gasteiger partial charge in [-0.05, 0) is 46.1 Å². The van der Waals surface area contributed by atoms with Gasteiger partial charge in [0.25, 0.3) is 11.5 Å². The Morgan fingerprint density at radius 1 is 1.13 bits per heavy atom. The third-order valence-electron chi connectivity index (χ3n) is 6.93. The van der Waals surface area contributed by atoms with E-state index in [-0.39, 0.29) is 17.4 Å². The predicted octanol–water partition coefficient (Wildman–Crippen LogP) is 2.56. The van der Waals surface area contributed by atoms with Crippen LogP contribution in [-0.4, -0.2) is 52.4 Å². The summed E-state index contributed by atoms with van der Waals surface area (Å²) in [6, 6.07) is 0. The van der Waals surface area contributed by atoms with Crippen molar-refractivity contribution in [3.8, 4) is 0 Å². The standard InChI is InChI=1S/C23H30N4O3/c1-14-20(16-7-3-4-8-19(16)30-14)23(29)27-10-5-6-15(12-27)21-24-18-9-11-26(2)13-17(18)22(28)25-21/h15H,3-13H2,1-2H3,(H,24,25,28)/t15-/m0/s1. The number of furan rings is 1. The molecule has 1 fully saturated rings. The van der Waals surface area contributed by atoms with Gasteiger partial charge in [0.15, 0.2) is 0 Å². The van der Waals surface area contributed by atoms with Gasteiger partial charge in [0.05, 0.1) is 16.8 Å². The number of aromatic amines is 1. The van der Waals surface area contributed by atoms with E-state index in [1.165, 1.54) is 0 Å². The number of amides is 1. The van der Waals surface area contributed by atoms with Crippen molar-refractivity contribution in [2.45, 2.75) is 64.3 Å². The first kappa shape index (κ1) is 19.5. The molecule has 1 atom stereocenters. The van der Waals surface area contributed by atoms with Crippen LogP contribution < -0.4 is 5.56 Å². The Bertz CT molecular complexity index is 1040. The lowest BCUT2D eigenvalue weighted by Gasteiger charge is -2.33. The van der Waals surface area contributed by atoms with Gasteiger partial charge < -0.3 is 19.2 Å². The molecule has 3 aliphatic rings. The number of hydrogen-bond acceptors (Lipinski definition) is 5. The lowest BCUT2D eigenvalue weighted by atomic mass is 9.92. The molecule has 0 spiro atoms. The number of carbonyl (C=O) groups is 1. The molecule has 1 amide bonds. The fourth-order valence-corrected chi connectivity index (χ4v) is 5.30. The SMILES string of the molecule is Cc1oc2c(c1C(=O)N1CCC[C@H](c3nc4c(c(=O)[nH]3)CN(C)CC4)C1)CCCC2. The molecule has 30 heavy (non-hydrogen) atoms. The molecule has 0 unspecified atom stereocenters. The molecule has 160 valence electrons. The fraction of sp³-hybridized carbons (Fsp3) is 0.609. The van der Waals surface area contributed by atoms with Crippen molar-refractivity contribution < 1.29 is 9.21 Å². The Morgan fingerprint density at radius 2 is 1.97 bits per heavy atom. The van der Waals surface area contributed by atoms with Gasteiger partial charge in [-0.1, -0.05) is 0 Å². The van der Waals surface area contributed by atoms with Crippen molar-refractivity contribution in [3.63, 3.8) is 0 Å². The smallest absolute Gasteiger partial charge is 0.257 e. The van der Waals surface area contributed by atoms with Crippen LogP contribution in [0.2, 0.25) is 0 Å². The van der Waals surface area contributed by atoms with Crippen LogP contribution in [0.5, 0.6) is 0 Å². The van der Waals surface area contributed by atoms with Crippen molar-refractivity contribution in [2.24, 2.45) is 0 Å². The Balaban J connectivity index is 1.39. The molecule has 2 aromatic heterocycles. The average Bonchev–Trinajstić information content (AvgIpc) is 3.09. The van der Waals surface area contributed by atoms with E-state index in [0.29, 0.717) is 13.1 Å². The van der Waals surface area contributed by atoms with E-state index in [9.17, 15) is 9.59 Å². The number of piperidine rings is 1. The maximum atomic E-state index is 13.4. The van der Waals surface area contributed by atoms with E-state index in [2.05, 4.69) is 9.88 Å². The van der Waals surface area contributed by atoms with E-state index >= 15 is 0 Å². The van der Waals surface area contributed by atoms with Crippen LogP contribution in [0.15, 0.2) is 9.21 Å². The zero-order valence-corrected chi connectivity index (χ0v) is 17.9. The molecule has 0 bridgehead atoms. The Kier molecular flexibility index (Phi) is 5.01. The van der Waals surface area contributed by atoms with Gasteiger partial charge in [-0.2, -0.15) is 0 Å². The van der Waals surface area contributed by atoms with E-state index in [1.54, 1.807) is 0 Å². The van der Waals surface area contributed by atoms with E-state index in [1.807, 2.05) is 18.9 Å². The van der Waals surface area contributed by atoms with Crippen molar-refractivity contribution >= 4 is 5.91 Å². The number of nitrogens with one attached hydrogen (secondary N) is 1. The van der Waals surface area contributed by atoms with Gasteiger partial charge in [0.2, 0.25) is 0 Å². The predicted molar refractivity (Wildman–Crippen MR) is 113 cm³/mol. The third-order valence-corrected chi connectivity index (χ3v) is 6.93. The molecule has 1 N–H and O–H groups in total. The van der Waals surface area contributed by atoms with Gasteiger partial charge >= 0.3 is 0 Å². The highest BCUT2D eigenvalue weighted by Gasteiger charge is 2.32. The number of nitrogens with zero attached hydrogens (tertiary/aromatic N) is 3. The van der Waals surface area contributed by atoms with Crippen LogP contribution >= 0.6 is 0 Å². The molecule has 2 aromatic rings. The summed E-state index contributed by atoms with van der Waals surface area (Å²) in [6.07, 6.45) is 6.77. The molecular weight excluding hydrogens is 380 g/mol. The number of H-pyrrole nitrogens is 1. The summed E-state index contributed by atoms with van der Waals surface area (Å²) in [4.78, 5) is 38.1. The molecule has 0 aromatic carbocycles. The first-order valence-electron chi connectivity index (χ1n) is 11.2. The number of fused-ring (bicyclic) bond motifs is 2. The van der Waals surface area contributed by atoms with Crippen LogP contribution in [0, 0.1) is 6.92 Å². The monoisotopic (exact) mass is 410 g/mol. The minimum atomic E-state index is -0.0234. The Hall–Kier alpha value is -2.41. The average molecular weight is 411 g/mol. The highest BCUT2D eigenvalue weighted by atomic mass is 16.3. The number of likely N-dealkylation sites (N-methyl/N-ethyl adjacent to an activating group) is 1. The molecule has 4 heterocycles. The largest absolute Gasteiger partial charge is 0.465 e. The van der Waals surface area contributed by atoms with Crippen LogP contribution in [0.25, 0.3) is 0 Å². The lowest BCUT2D eigenvalue weighted by Crippen LogP contribution is -2.41. The van der Waals surface area contributed by atoms with Gasteiger partial charge in [0, 0.05) is 50.5 Å². The fourth-order valence-electron chi connectivity index (χ4n) is 5.30. The minimum Gasteiger partial charge on any atom is -0.465 e. The zero-order chi connectivity index (χ0) is 20.8.